The molecule has 4 nitrogen and oxygen atoms in total. The van der Waals surface area contributed by atoms with Crippen LogP contribution in [0.3, 0.4) is 0 Å². The van der Waals surface area contributed by atoms with E-state index >= 15 is 0 Å². The smallest absolute Gasteiger partial charge is 0.248 e. The summed E-state index contributed by atoms with van der Waals surface area (Å²) in [6.07, 6.45) is 7.06. The Kier molecular flexibility index (Phi) is 6.66. The van der Waals surface area contributed by atoms with E-state index in [2.05, 4.69) is 10.3 Å². The topological polar surface area (TPSA) is 51.2 Å². The molecule has 0 saturated carbocycles. The molecule has 0 aliphatic heterocycles. The Labute approximate surface area is 163 Å². The number of aromatic nitrogens is 1. The molecule has 0 atom stereocenters. The summed E-state index contributed by atoms with van der Waals surface area (Å²) in [6, 6.07) is 21.0. The van der Waals surface area contributed by atoms with Crippen LogP contribution in [0, 0.1) is 0 Å². The number of amides is 1. The molecule has 3 aromatic rings. The van der Waals surface area contributed by atoms with Crippen LogP contribution in [0.4, 0.5) is 5.69 Å². The first-order valence-electron chi connectivity index (χ1n) is 8.49. The second kappa shape index (κ2) is 9.59. The summed E-state index contributed by atoms with van der Waals surface area (Å²) < 4.78 is 5.70. The van der Waals surface area contributed by atoms with Crippen molar-refractivity contribution in [3.8, 4) is 5.75 Å². The molecular weight excluding hydrogens is 356 g/mol. The molecule has 1 amide bonds. The molecule has 0 saturated heterocycles. The van der Waals surface area contributed by atoms with Crippen LogP contribution in [-0.4, -0.2) is 17.1 Å². The van der Waals surface area contributed by atoms with Gasteiger partial charge in [0.15, 0.2) is 0 Å². The molecule has 1 heterocycles. The lowest BCUT2D eigenvalue weighted by Crippen LogP contribution is -2.07. The van der Waals surface area contributed by atoms with Crippen molar-refractivity contribution >= 4 is 29.4 Å². The number of nitrogens with one attached hydrogen (secondary N) is 1. The largest absolute Gasteiger partial charge is 0.487 e. The number of hydrogen-bond acceptors (Lipinski definition) is 4. The lowest BCUT2D eigenvalue weighted by Gasteiger charge is -2.06. The molecule has 5 heteroatoms. The molecule has 27 heavy (non-hydrogen) atoms. The quantitative estimate of drug-likeness (QED) is 0.464. The average molecular weight is 376 g/mol. The number of carbonyl (C=O) groups is 1. The number of thioether (sulfide) groups is 1. The highest BCUT2D eigenvalue weighted by atomic mass is 32.2. The molecule has 0 spiro atoms. The number of carbonyl (C=O) groups excluding carboxylic acids is 1. The van der Waals surface area contributed by atoms with Crippen molar-refractivity contribution in [1.29, 1.82) is 0 Å². The van der Waals surface area contributed by atoms with Gasteiger partial charge in [0.05, 0.1) is 5.69 Å². The van der Waals surface area contributed by atoms with Crippen LogP contribution in [0.5, 0.6) is 5.75 Å². The number of anilines is 1. The highest BCUT2D eigenvalue weighted by Gasteiger charge is 1.99. The van der Waals surface area contributed by atoms with Gasteiger partial charge < -0.3 is 10.1 Å². The van der Waals surface area contributed by atoms with E-state index in [0.29, 0.717) is 6.61 Å². The van der Waals surface area contributed by atoms with E-state index in [1.165, 1.54) is 6.08 Å². The Morgan fingerprint density at radius 3 is 2.52 bits per heavy atom. The third-order valence-corrected chi connectivity index (χ3v) is 4.52. The zero-order valence-corrected chi connectivity index (χ0v) is 15.8. The fourth-order valence-corrected chi connectivity index (χ4v) is 2.75. The van der Waals surface area contributed by atoms with Gasteiger partial charge in [-0.05, 0) is 66.4 Å². The van der Waals surface area contributed by atoms with E-state index in [1.54, 1.807) is 24.0 Å². The SMILES string of the molecule is CSc1ccc(NC(=O)/C=C/c2ccc(OCc3ccccn3)cc2)cc1. The van der Waals surface area contributed by atoms with Gasteiger partial charge in [0.25, 0.3) is 0 Å². The molecule has 0 aliphatic rings. The lowest BCUT2D eigenvalue weighted by atomic mass is 10.2. The third-order valence-electron chi connectivity index (χ3n) is 3.78. The van der Waals surface area contributed by atoms with Crippen molar-refractivity contribution in [1.82, 2.24) is 4.98 Å². The van der Waals surface area contributed by atoms with E-state index in [0.717, 1.165) is 27.6 Å². The van der Waals surface area contributed by atoms with E-state index in [-0.39, 0.29) is 5.91 Å². The highest BCUT2D eigenvalue weighted by Crippen LogP contribution is 2.18. The second-order valence-electron chi connectivity index (χ2n) is 5.73. The molecule has 0 aliphatic carbocycles. The van der Waals surface area contributed by atoms with E-state index in [4.69, 9.17) is 4.74 Å². The van der Waals surface area contributed by atoms with Crippen molar-refractivity contribution in [2.75, 3.05) is 11.6 Å². The van der Waals surface area contributed by atoms with Crippen LogP contribution < -0.4 is 10.1 Å². The third kappa shape index (κ3) is 6.01. The van der Waals surface area contributed by atoms with E-state index in [9.17, 15) is 4.79 Å². The summed E-state index contributed by atoms with van der Waals surface area (Å²) in [6.45, 7) is 0.424. The Hall–Kier alpha value is -3.05. The lowest BCUT2D eigenvalue weighted by molar-refractivity contribution is -0.111. The monoisotopic (exact) mass is 376 g/mol. The number of pyridine rings is 1. The minimum Gasteiger partial charge on any atom is -0.487 e. The predicted octanol–water partition coefficient (Wildman–Crippen LogP) is 5.03. The maximum absolute atomic E-state index is 12.0. The Balaban J connectivity index is 1.51. The predicted molar refractivity (Wildman–Crippen MR) is 111 cm³/mol. The number of nitrogens with zero attached hydrogens (tertiary/aromatic N) is 1. The molecule has 136 valence electrons. The zero-order chi connectivity index (χ0) is 18.9. The summed E-state index contributed by atoms with van der Waals surface area (Å²) >= 11 is 1.67. The molecular formula is C22H20N2O2S. The van der Waals surface area contributed by atoms with Crippen molar-refractivity contribution in [2.24, 2.45) is 0 Å². The molecule has 1 aromatic heterocycles. The normalized spacial score (nSPS) is 10.7. The van der Waals surface area contributed by atoms with Crippen molar-refractivity contribution in [3.63, 3.8) is 0 Å². The first kappa shape index (κ1) is 18.7. The Morgan fingerprint density at radius 1 is 1.07 bits per heavy atom. The van der Waals surface area contributed by atoms with Crippen LogP contribution in [0.2, 0.25) is 0 Å². The van der Waals surface area contributed by atoms with Gasteiger partial charge in [0, 0.05) is 22.9 Å². The van der Waals surface area contributed by atoms with Crippen molar-refractivity contribution in [3.05, 3.63) is 90.3 Å². The molecule has 0 unspecified atom stereocenters. The first-order chi connectivity index (χ1) is 13.2. The summed E-state index contributed by atoms with van der Waals surface area (Å²) in [7, 11) is 0. The summed E-state index contributed by atoms with van der Waals surface area (Å²) in [4.78, 5) is 17.4. The fourth-order valence-electron chi connectivity index (χ4n) is 2.35. The first-order valence-corrected chi connectivity index (χ1v) is 9.71. The average Bonchev–Trinajstić information content (AvgIpc) is 2.73. The summed E-state index contributed by atoms with van der Waals surface area (Å²) in [5.41, 5.74) is 2.58. The summed E-state index contributed by atoms with van der Waals surface area (Å²) in [5.74, 6) is 0.596. The van der Waals surface area contributed by atoms with Gasteiger partial charge in [-0.25, -0.2) is 0 Å². The molecule has 1 N–H and O–H groups in total. The van der Waals surface area contributed by atoms with Gasteiger partial charge in [-0.15, -0.1) is 11.8 Å². The van der Waals surface area contributed by atoms with Gasteiger partial charge in [0.1, 0.15) is 12.4 Å². The minimum absolute atomic E-state index is 0.164. The summed E-state index contributed by atoms with van der Waals surface area (Å²) in [5, 5.41) is 2.85. The standard InChI is InChI=1S/C22H20N2O2S/c1-27-21-12-8-18(9-13-21)24-22(25)14-7-17-5-10-20(11-6-17)26-16-19-4-2-3-15-23-19/h2-15H,16H2,1H3,(H,24,25)/b14-7+. The van der Waals surface area contributed by atoms with E-state index < -0.39 is 0 Å². The van der Waals surface area contributed by atoms with Crippen molar-refractivity contribution < 1.29 is 9.53 Å². The molecule has 2 aromatic carbocycles. The van der Waals surface area contributed by atoms with E-state index in [1.807, 2.05) is 73.0 Å². The van der Waals surface area contributed by atoms with Gasteiger partial charge >= 0.3 is 0 Å². The maximum Gasteiger partial charge on any atom is 0.248 e. The van der Waals surface area contributed by atoms with Gasteiger partial charge in [0.2, 0.25) is 5.91 Å². The van der Waals surface area contributed by atoms with Crippen LogP contribution in [-0.2, 0) is 11.4 Å². The molecule has 0 radical (unpaired) electrons. The van der Waals surface area contributed by atoms with Gasteiger partial charge in [-0.3, -0.25) is 9.78 Å². The molecule has 0 fully saturated rings. The van der Waals surface area contributed by atoms with Crippen LogP contribution >= 0.6 is 11.8 Å². The second-order valence-corrected chi connectivity index (χ2v) is 6.61. The number of ether oxygens (including phenoxy) is 1. The number of rotatable bonds is 7. The maximum atomic E-state index is 12.0. The molecule has 0 bridgehead atoms. The fraction of sp³-hybridized carbons (Fsp3) is 0.0909. The number of benzene rings is 2. The molecule has 3 rings (SSSR count). The van der Waals surface area contributed by atoms with Crippen molar-refractivity contribution in [2.45, 2.75) is 11.5 Å². The zero-order valence-electron chi connectivity index (χ0n) is 15.0. The highest BCUT2D eigenvalue weighted by molar-refractivity contribution is 7.98. The van der Waals surface area contributed by atoms with Crippen LogP contribution in [0.25, 0.3) is 6.08 Å². The van der Waals surface area contributed by atoms with Gasteiger partial charge in [-0.2, -0.15) is 0 Å². The minimum atomic E-state index is -0.164. The van der Waals surface area contributed by atoms with Gasteiger partial charge in [-0.1, -0.05) is 18.2 Å². The Bertz CT molecular complexity index is 892. The van der Waals surface area contributed by atoms with Crippen LogP contribution in [0.1, 0.15) is 11.3 Å². The Morgan fingerprint density at radius 2 is 1.85 bits per heavy atom. The van der Waals surface area contributed by atoms with Crippen LogP contribution in [0.15, 0.2) is 83.9 Å². The number of hydrogen-bond donors (Lipinski definition) is 1.